The summed E-state index contributed by atoms with van der Waals surface area (Å²) in [5, 5.41) is 1.69. The lowest BCUT2D eigenvalue weighted by molar-refractivity contribution is 0.300. The molecule has 0 saturated heterocycles. The second-order valence-electron chi connectivity index (χ2n) is 5.24. The van der Waals surface area contributed by atoms with E-state index in [9.17, 15) is 8.42 Å². The highest BCUT2D eigenvalue weighted by atomic mass is 32.2. The van der Waals surface area contributed by atoms with Crippen molar-refractivity contribution in [2.24, 2.45) is 11.7 Å². The van der Waals surface area contributed by atoms with Gasteiger partial charge in [-0.1, -0.05) is 19.3 Å². The van der Waals surface area contributed by atoms with Gasteiger partial charge in [0.1, 0.15) is 0 Å². The molecular weight excluding hydrogens is 280 g/mol. The number of hydrogen-bond acceptors (Lipinski definition) is 4. The molecule has 1 heterocycles. The highest BCUT2D eigenvalue weighted by molar-refractivity contribution is 7.89. The van der Waals surface area contributed by atoms with Crippen molar-refractivity contribution in [2.75, 3.05) is 13.6 Å². The van der Waals surface area contributed by atoms with Crippen molar-refractivity contribution >= 4 is 21.4 Å². The van der Waals surface area contributed by atoms with E-state index in [1.807, 2.05) is 0 Å². The lowest BCUT2D eigenvalue weighted by Gasteiger charge is -2.26. The number of sulfonamides is 1. The third-order valence-electron chi connectivity index (χ3n) is 3.78. The Kier molecular flexibility index (Phi) is 5.00. The van der Waals surface area contributed by atoms with E-state index in [2.05, 4.69) is 0 Å². The standard InChI is InChI=1S/C13H22N2O2S2/c1-15(9-11-5-3-2-4-6-11)19(16,17)13-7-12(8-14)18-10-13/h7,10-11H,2-6,8-9,14H2,1H3. The first kappa shape index (κ1) is 15.0. The zero-order valence-corrected chi connectivity index (χ0v) is 13.0. The number of hydrogen-bond donors (Lipinski definition) is 1. The van der Waals surface area contributed by atoms with Crippen molar-refractivity contribution in [1.29, 1.82) is 0 Å². The van der Waals surface area contributed by atoms with Crippen LogP contribution in [0.5, 0.6) is 0 Å². The molecule has 1 saturated carbocycles. The van der Waals surface area contributed by atoms with Crippen LogP contribution in [0.4, 0.5) is 0 Å². The third-order valence-corrected chi connectivity index (χ3v) is 6.69. The van der Waals surface area contributed by atoms with E-state index in [4.69, 9.17) is 5.73 Å². The van der Waals surface area contributed by atoms with Gasteiger partial charge in [-0.2, -0.15) is 0 Å². The normalized spacial score (nSPS) is 18.1. The summed E-state index contributed by atoms with van der Waals surface area (Å²) in [5.74, 6) is 0.515. The lowest BCUT2D eigenvalue weighted by atomic mass is 9.89. The van der Waals surface area contributed by atoms with Crippen LogP contribution in [-0.4, -0.2) is 26.3 Å². The Balaban J connectivity index is 2.05. The Labute approximate surface area is 119 Å². The minimum absolute atomic E-state index is 0.385. The topological polar surface area (TPSA) is 63.4 Å². The zero-order chi connectivity index (χ0) is 13.9. The van der Waals surface area contributed by atoms with Gasteiger partial charge in [0.25, 0.3) is 0 Å². The third kappa shape index (κ3) is 3.56. The molecule has 0 spiro atoms. The molecule has 0 amide bonds. The first-order valence-electron chi connectivity index (χ1n) is 6.78. The Hall–Kier alpha value is -0.430. The first-order valence-corrected chi connectivity index (χ1v) is 9.10. The molecular formula is C13H22N2O2S2. The molecule has 1 aliphatic rings. The Morgan fingerprint density at radius 3 is 2.63 bits per heavy atom. The van der Waals surface area contributed by atoms with Gasteiger partial charge in [-0.05, 0) is 24.8 Å². The van der Waals surface area contributed by atoms with Crippen LogP contribution in [0.15, 0.2) is 16.3 Å². The van der Waals surface area contributed by atoms with Crippen LogP contribution in [0.25, 0.3) is 0 Å². The molecule has 6 heteroatoms. The molecule has 0 atom stereocenters. The largest absolute Gasteiger partial charge is 0.326 e. The van der Waals surface area contributed by atoms with E-state index < -0.39 is 10.0 Å². The summed E-state index contributed by atoms with van der Waals surface area (Å²) in [5.41, 5.74) is 5.53. The fraction of sp³-hybridized carbons (Fsp3) is 0.692. The van der Waals surface area contributed by atoms with Gasteiger partial charge in [-0.3, -0.25) is 0 Å². The summed E-state index contributed by atoms with van der Waals surface area (Å²) < 4.78 is 26.4. The predicted octanol–water partition coefficient (Wildman–Crippen LogP) is 2.41. The van der Waals surface area contributed by atoms with Crippen LogP contribution in [0.1, 0.15) is 37.0 Å². The number of thiophene rings is 1. The highest BCUT2D eigenvalue weighted by Crippen LogP contribution is 2.27. The van der Waals surface area contributed by atoms with Crippen molar-refractivity contribution in [3.8, 4) is 0 Å². The maximum Gasteiger partial charge on any atom is 0.243 e. The summed E-state index contributed by atoms with van der Waals surface area (Å²) in [7, 11) is -1.66. The Bertz CT molecular complexity index is 504. The molecule has 1 aromatic rings. The van der Waals surface area contributed by atoms with Gasteiger partial charge in [0.15, 0.2) is 0 Å². The van der Waals surface area contributed by atoms with Crippen LogP contribution in [0.2, 0.25) is 0 Å². The van der Waals surface area contributed by atoms with Gasteiger partial charge < -0.3 is 5.73 Å². The molecule has 1 aliphatic carbocycles. The van der Waals surface area contributed by atoms with Crippen LogP contribution < -0.4 is 5.73 Å². The number of nitrogens with two attached hydrogens (primary N) is 1. The molecule has 0 bridgehead atoms. The van der Waals surface area contributed by atoms with E-state index >= 15 is 0 Å². The number of nitrogens with zero attached hydrogens (tertiary/aromatic N) is 1. The quantitative estimate of drug-likeness (QED) is 0.908. The molecule has 2 N–H and O–H groups in total. The Morgan fingerprint density at radius 1 is 1.37 bits per heavy atom. The summed E-state index contributed by atoms with van der Waals surface area (Å²) in [6.45, 7) is 1.03. The van der Waals surface area contributed by atoms with Crippen LogP contribution in [0, 0.1) is 5.92 Å². The fourth-order valence-electron chi connectivity index (χ4n) is 2.61. The van der Waals surface area contributed by atoms with Gasteiger partial charge in [-0.15, -0.1) is 11.3 Å². The second kappa shape index (κ2) is 6.35. The Morgan fingerprint density at radius 2 is 2.05 bits per heavy atom. The summed E-state index contributed by atoms with van der Waals surface area (Å²) in [6.07, 6.45) is 6.05. The lowest BCUT2D eigenvalue weighted by Crippen LogP contribution is -2.32. The van der Waals surface area contributed by atoms with Gasteiger partial charge >= 0.3 is 0 Å². The van der Waals surface area contributed by atoms with Crippen molar-refractivity contribution in [3.05, 3.63) is 16.3 Å². The van der Waals surface area contributed by atoms with Crippen LogP contribution in [0.3, 0.4) is 0 Å². The minimum Gasteiger partial charge on any atom is -0.326 e. The van der Waals surface area contributed by atoms with E-state index in [1.165, 1.54) is 34.9 Å². The maximum atomic E-state index is 12.4. The molecule has 0 aliphatic heterocycles. The highest BCUT2D eigenvalue weighted by Gasteiger charge is 2.25. The van der Waals surface area contributed by atoms with E-state index in [0.717, 1.165) is 17.7 Å². The smallest absolute Gasteiger partial charge is 0.243 e. The van der Waals surface area contributed by atoms with Crippen LogP contribution in [-0.2, 0) is 16.6 Å². The maximum absolute atomic E-state index is 12.4. The minimum atomic E-state index is -3.34. The molecule has 19 heavy (non-hydrogen) atoms. The van der Waals surface area contributed by atoms with Gasteiger partial charge in [-0.25, -0.2) is 12.7 Å². The fourth-order valence-corrected chi connectivity index (χ4v) is 5.00. The van der Waals surface area contributed by atoms with E-state index in [-0.39, 0.29) is 0 Å². The molecule has 0 aromatic carbocycles. The number of rotatable bonds is 5. The summed E-state index contributed by atoms with van der Waals surface area (Å²) >= 11 is 1.41. The monoisotopic (exact) mass is 302 g/mol. The molecule has 0 radical (unpaired) electrons. The average molecular weight is 302 g/mol. The van der Waals surface area contributed by atoms with Gasteiger partial charge in [0.2, 0.25) is 10.0 Å². The van der Waals surface area contributed by atoms with Crippen molar-refractivity contribution in [2.45, 2.75) is 43.5 Å². The predicted molar refractivity (Wildman–Crippen MR) is 78.6 cm³/mol. The van der Waals surface area contributed by atoms with Crippen LogP contribution >= 0.6 is 11.3 Å². The molecule has 1 fully saturated rings. The van der Waals surface area contributed by atoms with E-state index in [1.54, 1.807) is 18.5 Å². The molecule has 4 nitrogen and oxygen atoms in total. The first-order chi connectivity index (χ1) is 9.04. The van der Waals surface area contributed by atoms with Crippen molar-refractivity contribution < 1.29 is 8.42 Å². The summed E-state index contributed by atoms with van der Waals surface area (Å²) in [4.78, 5) is 1.29. The zero-order valence-electron chi connectivity index (χ0n) is 11.3. The molecule has 108 valence electrons. The molecule has 2 rings (SSSR count). The van der Waals surface area contributed by atoms with E-state index in [0.29, 0.717) is 23.9 Å². The van der Waals surface area contributed by atoms with Crippen molar-refractivity contribution in [1.82, 2.24) is 4.31 Å². The molecule has 0 unspecified atom stereocenters. The van der Waals surface area contributed by atoms with Gasteiger partial charge in [0.05, 0.1) is 4.90 Å². The van der Waals surface area contributed by atoms with Gasteiger partial charge in [0, 0.05) is 30.4 Å². The summed E-state index contributed by atoms with van der Waals surface area (Å²) in [6, 6.07) is 1.69. The second-order valence-corrected chi connectivity index (χ2v) is 8.28. The average Bonchev–Trinajstić information content (AvgIpc) is 2.89. The SMILES string of the molecule is CN(CC1CCCCC1)S(=O)(=O)c1csc(CN)c1. The molecule has 1 aromatic heterocycles. The van der Waals surface area contributed by atoms with Crippen molar-refractivity contribution in [3.63, 3.8) is 0 Å².